The van der Waals surface area contributed by atoms with Crippen LogP contribution < -0.4 is 14.4 Å². The molecule has 3 aromatic carbocycles. The smallest absolute Gasteiger partial charge is 0.244 e. The zero-order chi connectivity index (χ0) is 30.3. The fourth-order valence-corrected chi connectivity index (χ4v) is 6.59. The lowest BCUT2D eigenvalue weighted by Gasteiger charge is -2.34. The first-order valence-corrected chi connectivity index (χ1v) is 16.3. The minimum Gasteiger partial charge on any atom is -0.497 e. The molecule has 1 N–H and O–H groups in total. The fourth-order valence-electron chi connectivity index (χ4n) is 5.17. The fraction of sp³-hybridized carbons (Fsp3) is 0.355. The first-order chi connectivity index (χ1) is 20.0. The summed E-state index contributed by atoms with van der Waals surface area (Å²) in [4.78, 5) is 29.6. The average Bonchev–Trinajstić information content (AvgIpc) is 3.47. The number of amides is 2. The second-order valence-corrected chi connectivity index (χ2v) is 13.2. The number of carbonyl (C=O) groups is 2. The summed E-state index contributed by atoms with van der Waals surface area (Å²) in [6, 6.07) is 20.2. The normalized spacial score (nSPS) is 14.3. The quantitative estimate of drug-likeness (QED) is 0.286. The van der Waals surface area contributed by atoms with Crippen LogP contribution in [0.2, 0.25) is 10.0 Å². The number of ether oxygens (including phenoxy) is 1. The van der Waals surface area contributed by atoms with Gasteiger partial charge in [-0.05, 0) is 54.3 Å². The van der Waals surface area contributed by atoms with Crippen LogP contribution in [-0.4, -0.2) is 57.1 Å². The molecule has 0 heterocycles. The molecule has 0 saturated heterocycles. The van der Waals surface area contributed by atoms with Crippen molar-refractivity contribution in [2.24, 2.45) is 0 Å². The Morgan fingerprint density at radius 3 is 2.31 bits per heavy atom. The highest BCUT2D eigenvalue weighted by Crippen LogP contribution is 2.31. The Bertz CT molecular complexity index is 1500. The maximum Gasteiger partial charge on any atom is 0.244 e. The predicted molar refractivity (Wildman–Crippen MR) is 167 cm³/mol. The van der Waals surface area contributed by atoms with Crippen molar-refractivity contribution in [3.05, 3.63) is 94.0 Å². The van der Waals surface area contributed by atoms with Crippen molar-refractivity contribution in [2.45, 2.75) is 50.7 Å². The first kappa shape index (κ1) is 31.7. The second kappa shape index (κ2) is 14.3. The van der Waals surface area contributed by atoms with E-state index in [0.717, 1.165) is 47.4 Å². The number of methoxy groups -OCH3 is 1. The molecule has 0 radical (unpaired) electrons. The van der Waals surface area contributed by atoms with Gasteiger partial charge in [0.2, 0.25) is 21.8 Å². The van der Waals surface area contributed by atoms with Crippen LogP contribution in [0.5, 0.6) is 5.75 Å². The van der Waals surface area contributed by atoms with Crippen LogP contribution >= 0.6 is 23.2 Å². The van der Waals surface area contributed by atoms with Crippen LogP contribution in [0.1, 0.15) is 36.8 Å². The summed E-state index contributed by atoms with van der Waals surface area (Å²) in [5.74, 6) is -0.241. The van der Waals surface area contributed by atoms with Gasteiger partial charge in [-0.1, -0.05) is 78.5 Å². The Morgan fingerprint density at radius 2 is 1.67 bits per heavy atom. The van der Waals surface area contributed by atoms with E-state index >= 15 is 0 Å². The lowest BCUT2D eigenvalue weighted by molar-refractivity contribution is -0.140. The molecule has 8 nitrogen and oxygen atoms in total. The van der Waals surface area contributed by atoms with Gasteiger partial charge in [-0.3, -0.25) is 13.9 Å². The molecule has 0 spiro atoms. The molecule has 1 saturated carbocycles. The molecule has 0 aliphatic heterocycles. The van der Waals surface area contributed by atoms with Gasteiger partial charge in [0.25, 0.3) is 0 Å². The summed E-state index contributed by atoms with van der Waals surface area (Å²) >= 11 is 12.4. The van der Waals surface area contributed by atoms with E-state index < -0.39 is 28.5 Å². The Morgan fingerprint density at radius 1 is 0.976 bits per heavy atom. The van der Waals surface area contributed by atoms with E-state index in [2.05, 4.69) is 5.32 Å². The number of nitrogens with one attached hydrogen (secondary N) is 1. The second-order valence-electron chi connectivity index (χ2n) is 10.4. The summed E-state index contributed by atoms with van der Waals surface area (Å²) in [6.45, 7) is -0.510. The highest BCUT2D eigenvalue weighted by molar-refractivity contribution is 7.92. The molecule has 3 aromatic rings. The van der Waals surface area contributed by atoms with E-state index in [4.69, 9.17) is 27.9 Å². The topological polar surface area (TPSA) is 96.0 Å². The standard InChI is InChI=1S/C31H35Cl2N3O5S/c1-41-26-14-8-11-23(17-26)20-35(30(37)21-36(42(2,39)40)28-16-15-24(32)19-27(28)33)29(18-22-9-4-3-5-10-22)31(38)34-25-12-6-7-13-25/h3-5,8-11,14-17,19,25,29H,6-7,12-13,18,20-21H2,1-2H3,(H,34,38). The molecule has 0 bridgehead atoms. The van der Waals surface area contributed by atoms with E-state index in [9.17, 15) is 18.0 Å². The molecule has 42 heavy (non-hydrogen) atoms. The van der Waals surface area contributed by atoms with Gasteiger partial charge in [0.1, 0.15) is 18.3 Å². The van der Waals surface area contributed by atoms with Gasteiger partial charge in [-0.2, -0.15) is 0 Å². The number of rotatable bonds is 12. The van der Waals surface area contributed by atoms with Crippen molar-refractivity contribution in [2.75, 3.05) is 24.2 Å². The lowest BCUT2D eigenvalue weighted by Crippen LogP contribution is -2.54. The van der Waals surface area contributed by atoms with Crippen molar-refractivity contribution >= 4 is 50.7 Å². The van der Waals surface area contributed by atoms with Crippen molar-refractivity contribution in [3.8, 4) is 5.75 Å². The number of carbonyl (C=O) groups excluding carboxylic acids is 2. The van der Waals surface area contributed by atoms with Crippen molar-refractivity contribution in [3.63, 3.8) is 0 Å². The van der Waals surface area contributed by atoms with Gasteiger partial charge in [-0.25, -0.2) is 8.42 Å². The van der Waals surface area contributed by atoms with Crippen LogP contribution in [0.25, 0.3) is 0 Å². The SMILES string of the molecule is COc1cccc(CN(C(=O)CN(c2ccc(Cl)cc2Cl)S(C)(=O)=O)C(Cc2ccccc2)C(=O)NC2CCCC2)c1. The lowest BCUT2D eigenvalue weighted by atomic mass is 10.0. The highest BCUT2D eigenvalue weighted by atomic mass is 35.5. The summed E-state index contributed by atoms with van der Waals surface area (Å²) in [5.41, 5.74) is 1.71. The largest absolute Gasteiger partial charge is 0.497 e. The van der Waals surface area contributed by atoms with E-state index in [-0.39, 0.29) is 35.6 Å². The average molecular weight is 633 g/mol. The third kappa shape index (κ3) is 8.40. The van der Waals surface area contributed by atoms with Gasteiger partial charge in [0.15, 0.2) is 0 Å². The number of sulfonamides is 1. The number of benzene rings is 3. The molecular weight excluding hydrogens is 597 g/mol. The Hall–Kier alpha value is -3.27. The van der Waals surface area contributed by atoms with Gasteiger partial charge in [0, 0.05) is 24.0 Å². The van der Waals surface area contributed by atoms with Crippen LogP contribution in [0.4, 0.5) is 5.69 Å². The minimum absolute atomic E-state index is 0.0323. The zero-order valence-electron chi connectivity index (χ0n) is 23.6. The molecule has 0 aromatic heterocycles. The van der Waals surface area contributed by atoms with E-state index in [1.54, 1.807) is 25.3 Å². The molecule has 224 valence electrons. The summed E-state index contributed by atoms with van der Waals surface area (Å²) in [6.07, 6.45) is 5.08. The maximum absolute atomic E-state index is 14.2. The van der Waals surface area contributed by atoms with E-state index in [1.807, 2.05) is 36.4 Å². The predicted octanol–water partition coefficient (Wildman–Crippen LogP) is 5.47. The van der Waals surface area contributed by atoms with Gasteiger partial charge >= 0.3 is 0 Å². The van der Waals surface area contributed by atoms with Crippen molar-refractivity contribution in [1.29, 1.82) is 0 Å². The number of hydrogen-bond donors (Lipinski definition) is 1. The molecule has 1 unspecified atom stereocenters. The maximum atomic E-state index is 14.2. The summed E-state index contributed by atoms with van der Waals surface area (Å²) in [5, 5.41) is 3.56. The summed E-state index contributed by atoms with van der Waals surface area (Å²) in [7, 11) is -2.40. The molecule has 1 atom stereocenters. The monoisotopic (exact) mass is 631 g/mol. The van der Waals surface area contributed by atoms with Gasteiger partial charge < -0.3 is 15.0 Å². The molecule has 1 aliphatic carbocycles. The number of nitrogens with zero attached hydrogens (tertiary/aromatic N) is 2. The van der Waals surface area contributed by atoms with Crippen LogP contribution in [0.15, 0.2) is 72.8 Å². The highest BCUT2D eigenvalue weighted by Gasteiger charge is 2.34. The zero-order valence-corrected chi connectivity index (χ0v) is 26.0. The van der Waals surface area contributed by atoms with Crippen LogP contribution in [0.3, 0.4) is 0 Å². The van der Waals surface area contributed by atoms with Crippen LogP contribution in [0, 0.1) is 0 Å². The third-order valence-corrected chi connectivity index (χ3v) is 8.98. The molecular formula is C31H35Cl2N3O5S. The molecule has 2 amide bonds. The molecule has 1 aliphatic rings. The summed E-state index contributed by atoms with van der Waals surface area (Å²) < 4.78 is 32.3. The molecule has 11 heteroatoms. The van der Waals surface area contributed by atoms with Gasteiger partial charge in [-0.15, -0.1) is 0 Å². The number of anilines is 1. The number of hydrogen-bond acceptors (Lipinski definition) is 5. The van der Waals surface area contributed by atoms with Crippen LogP contribution in [-0.2, 0) is 32.6 Å². The first-order valence-electron chi connectivity index (χ1n) is 13.7. The van der Waals surface area contributed by atoms with Crippen molar-refractivity contribution < 1.29 is 22.7 Å². The van der Waals surface area contributed by atoms with Crippen molar-refractivity contribution in [1.82, 2.24) is 10.2 Å². The Balaban J connectivity index is 1.75. The molecule has 1 fully saturated rings. The Labute approximate surface area is 257 Å². The van der Waals surface area contributed by atoms with Gasteiger partial charge in [0.05, 0.1) is 24.1 Å². The van der Waals surface area contributed by atoms with E-state index in [0.29, 0.717) is 10.8 Å². The third-order valence-electron chi connectivity index (χ3n) is 7.32. The minimum atomic E-state index is -3.95. The Kier molecular flexibility index (Phi) is 10.8. The molecule has 4 rings (SSSR count). The van der Waals surface area contributed by atoms with E-state index in [1.165, 1.54) is 23.1 Å². The number of halogens is 2.